The van der Waals surface area contributed by atoms with Crippen molar-refractivity contribution in [2.75, 3.05) is 18.5 Å². The largest absolute Gasteiger partial charge is 0.367 e. The van der Waals surface area contributed by atoms with Crippen molar-refractivity contribution in [1.82, 2.24) is 5.32 Å². The maximum Gasteiger partial charge on any atom is 0.224 e. The summed E-state index contributed by atoms with van der Waals surface area (Å²) in [5.74, 6) is -0.416. The van der Waals surface area contributed by atoms with E-state index in [4.69, 9.17) is 11.6 Å². The molecule has 4 nitrogen and oxygen atoms in total. The summed E-state index contributed by atoms with van der Waals surface area (Å²) in [6.45, 7) is 2.93. The molecule has 1 saturated heterocycles. The Labute approximate surface area is 164 Å². The second-order valence-electron chi connectivity index (χ2n) is 6.80. The van der Waals surface area contributed by atoms with Crippen molar-refractivity contribution in [1.29, 1.82) is 0 Å². The Morgan fingerprint density at radius 1 is 1.37 bits per heavy atom. The maximum absolute atomic E-state index is 13.3. The van der Waals surface area contributed by atoms with E-state index in [1.54, 1.807) is 25.4 Å². The van der Waals surface area contributed by atoms with E-state index in [0.717, 1.165) is 24.2 Å². The predicted molar refractivity (Wildman–Crippen MR) is 108 cm³/mol. The molecule has 0 aromatic heterocycles. The molecule has 0 radical (unpaired) electrons. The van der Waals surface area contributed by atoms with E-state index in [1.807, 2.05) is 18.2 Å². The molecule has 0 saturated carbocycles. The number of amides is 1. The maximum atomic E-state index is 13.3. The van der Waals surface area contributed by atoms with Crippen molar-refractivity contribution >= 4 is 29.4 Å². The van der Waals surface area contributed by atoms with Gasteiger partial charge in [-0.3, -0.25) is 9.79 Å². The van der Waals surface area contributed by atoms with Crippen LogP contribution < -0.4 is 10.2 Å². The molecule has 0 unspecified atom stereocenters. The first-order chi connectivity index (χ1) is 13.0. The Balaban J connectivity index is 1.63. The molecular weight excluding hydrogens is 365 g/mol. The smallest absolute Gasteiger partial charge is 0.224 e. The van der Waals surface area contributed by atoms with Gasteiger partial charge in [0.1, 0.15) is 5.82 Å². The van der Waals surface area contributed by atoms with Crippen molar-refractivity contribution in [2.45, 2.75) is 31.8 Å². The number of hydrogen-bond donors (Lipinski definition) is 1. The third-order valence-corrected chi connectivity index (χ3v) is 5.27. The molecule has 1 amide bonds. The van der Waals surface area contributed by atoms with Gasteiger partial charge in [0.15, 0.2) is 0 Å². The third-order valence-electron chi connectivity index (χ3n) is 4.94. The molecule has 142 valence electrons. The van der Waals surface area contributed by atoms with Gasteiger partial charge in [-0.25, -0.2) is 4.39 Å². The van der Waals surface area contributed by atoms with Gasteiger partial charge in [-0.05, 0) is 49.2 Å². The van der Waals surface area contributed by atoms with Gasteiger partial charge in [-0.2, -0.15) is 0 Å². The van der Waals surface area contributed by atoms with E-state index >= 15 is 0 Å². The summed E-state index contributed by atoms with van der Waals surface area (Å²) < 4.78 is 13.3. The molecule has 0 bridgehead atoms. The van der Waals surface area contributed by atoms with Gasteiger partial charge in [0.05, 0.1) is 17.5 Å². The monoisotopic (exact) mass is 387 g/mol. The van der Waals surface area contributed by atoms with E-state index in [1.165, 1.54) is 12.1 Å². The number of anilines is 1. The number of nitrogens with one attached hydrogen (secondary N) is 1. The third kappa shape index (κ3) is 4.66. The molecule has 0 spiro atoms. The van der Waals surface area contributed by atoms with Crippen LogP contribution in [0.15, 0.2) is 47.5 Å². The highest BCUT2D eigenvalue weighted by atomic mass is 35.5. The molecule has 27 heavy (non-hydrogen) atoms. The molecule has 2 atom stereocenters. The van der Waals surface area contributed by atoms with Gasteiger partial charge in [-0.1, -0.05) is 23.7 Å². The number of aliphatic imine (C=N–C) groups is 1. The zero-order valence-electron chi connectivity index (χ0n) is 15.5. The Morgan fingerprint density at radius 3 is 2.89 bits per heavy atom. The van der Waals surface area contributed by atoms with Gasteiger partial charge in [-0.15, -0.1) is 0 Å². The molecule has 1 N–H and O–H groups in total. The molecule has 0 aliphatic carbocycles. The van der Waals surface area contributed by atoms with Gasteiger partial charge in [0.25, 0.3) is 0 Å². The summed E-state index contributed by atoms with van der Waals surface area (Å²) >= 11 is 6.34. The molecule has 2 aromatic carbocycles. The minimum Gasteiger partial charge on any atom is -0.367 e. The fourth-order valence-electron chi connectivity index (χ4n) is 3.53. The van der Waals surface area contributed by atoms with Crippen molar-refractivity contribution in [3.05, 3.63) is 64.4 Å². The standard InChI is InChI=1S/C21H23ClFN3O/c1-14-20(25-21(27)11-15-4-3-5-17(23)10-15)8-9-26(14)18-7-6-16(13-24-2)19(22)12-18/h3-7,10,12-14,20H,8-9,11H2,1-2H3,(H,25,27)/t14-,20+/m0/s1. The van der Waals surface area contributed by atoms with Crippen LogP contribution in [0.5, 0.6) is 0 Å². The van der Waals surface area contributed by atoms with Crippen LogP contribution >= 0.6 is 11.6 Å². The highest BCUT2D eigenvalue weighted by Crippen LogP contribution is 2.29. The number of nitrogens with zero attached hydrogens (tertiary/aromatic N) is 2. The average molecular weight is 388 g/mol. The van der Waals surface area contributed by atoms with E-state index in [2.05, 4.69) is 22.1 Å². The number of halogens is 2. The van der Waals surface area contributed by atoms with Gasteiger partial charge in [0.2, 0.25) is 5.91 Å². The van der Waals surface area contributed by atoms with Gasteiger partial charge >= 0.3 is 0 Å². The van der Waals surface area contributed by atoms with Crippen molar-refractivity contribution in [2.24, 2.45) is 4.99 Å². The minimum absolute atomic E-state index is 0.0433. The summed E-state index contributed by atoms with van der Waals surface area (Å²) in [6, 6.07) is 12.2. The minimum atomic E-state index is -0.325. The zero-order valence-corrected chi connectivity index (χ0v) is 16.2. The SMILES string of the molecule is CN=Cc1ccc(N2CC[C@@H](NC(=O)Cc3cccc(F)c3)[C@@H]2C)cc1Cl. The van der Waals surface area contributed by atoms with Crippen LogP contribution in [-0.2, 0) is 11.2 Å². The summed E-state index contributed by atoms with van der Waals surface area (Å²) in [5.41, 5.74) is 2.59. The molecular formula is C21H23ClFN3O. The lowest BCUT2D eigenvalue weighted by atomic mass is 10.1. The first-order valence-electron chi connectivity index (χ1n) is 9.00. The molecule has 1 aliphatic heterocycles. The molecule has 3 rings (SSSR count). The lowest BCUT2D eigenvalue weighted by Crippen LogP contribution is -2.43. The van der Waals surface area contributed by atoms with Crippen LogP contribution in [-0.4, -0.2) is 37.8 Å². The normalized spacial score (nSPS) is 19.6. The van der Waals surface area contributed by atoms with Crippen molar-refractivity contribution in [3.8, 4) is 0 Å². The quantitative estimate of drug-likeness (QED) is 0.792. The second-order valence-corrected chi connectivity index (χ2v) is 7.20. The van der Waals surface area contributed by atoms with Gasteiger partial charge < -0.3 is 10.2 Å². The Hall–Kier alpha value is -2.40. The average Bonchev–Trinajstić information content (AvgIpc) is 2.97. The van der Waals surface area contributed by atoms with Crippen LogP contribution in [0, 0.1) is 5.82 Å². The summed E-state index contributed by atoms with van der Waals surface area (Å²) in [5, 5.41) is 3.74. The highest BCUT2D eigenvalue weighted by molar-refractivity contribution is 6.33. The molecule has 1 aliphatic rings. The number of hydrogen-bond acceptors (Lipinski definition) is 3. The number of benzene rings is 2. The van der Waals surface area contributed by atoms with Crippen LogP contribution in [0.2, 0.25) is 5.02 Å². The van der Waals surface area contributed by atoms with E-state index < -0.39 is 0 Å². The Bertz CT molecular complexity index is 855. The topological polar surface area (TPSA) is 44.7 Å². The summed E-state index contributed by atoms with van der Waals surface area (Å²) in [6.07, 6.45) is 2.76. The fraction of sp³-hybridized carbons (Fsp3) is 0.333. The molecule has 1 heterocycles. The van der Waals surface area contributed by atoms with Crippen LogP contribution in [0.1, 0.15) is 24.5 Å². The predicted octanol–water partition coefficient (Wildman–Crippen LogP) is 3.85. The summed E-state index contributed by atoms with van der Waals surface area (Å²) in [4.78, 5) is 18.6. The van der Waals surface area contributed by atoms with E-state index in [9.17, 15) is 9.18 Å². The lowest BCUT2D eigenvalue weighted by Gasteiger charge is -2.27. The van der Waals surface area contributed by atoms with Crippen LogP contribution in [0.25, 0.3) is 0 Å². The van der Waals surface area contributed by atoms with Crippen molar-refractivity contribution in [3.63, 3.8) is 0 Å². The van der Waals surface area contributed by atoms with Crippen LogP contribution in [0.3, 0.4) is 0 Å². The first-order valence-corrected chi connectivity index (χ1v) is 9.38. The van der Waals surface area contributed by atoms with Crippen molar-refractivity contribution < 1.29 is 9.18 Å². The van der Waals surface area contributed by atoms with E-state index in [-0.39, 0.29) is 30.2 Å². The summed E-state index contributed by atoms with van der Waals surface area (Å²) in [7, 11) is 1.71. The number of rotatable bonds is 5. The Morgan fingerprint density at radius 2 is 2.19 bits per heavy atom. The lowest BCUT2D eigenvalue weighted by molar-refractivity contribution is -0.121. The fourth-order valence-corrected chi connectivity index (χ4v) is 3.75. The van der Waals surface area contributed by atoms with Crippen LogP contribution in [0.4, 0.5) is 10.1 Å². The number of carbonyl (C=O) groups excluding carboxylic acids is 1. The van der Waals surface area contributed by atoms with E-state index in [0.29, 0.717) is 10.6 Å². The Kier molecular flexibility index (Phi) is 6.11. The molecule has 2 aromatic rings. The second kappa shape index (κ2) is 8.53. The molecule has 6 heteroatoms. The zero-order chi connectivity index (χ0) is 19.4. The van der Waals surface area contributed by atoms with Gasteiger partial charge in [0, 0.05) is 37.1 Å². The first kappa shape index (κ1) is 19.4. The molecule has 1 fully saturated rings. The number of carbonyl (C=O) groups is 1. The highest BCUT2D eigenvalue weighted by Gasteiger charge is 2.32.